The van der Waals surface area contributed by atoms with Gasteiger partial charge in [0.2, 0.25) is 0 Å². The second-order valence-electron chi connectivity index (χ2n) is 3.56. The summed E-state index contributed by atoms with van der Waals surface area (Å²) < 4.78 is 10.9. The summed E-state index contributed by atoms with van der Waals surface area (Å²) in [6, 6.07) is 7.85. The van der Waals surface area contributed by atoms with Crippen LogP contribution in [0.25, 0.3) is 0 Å². The molecule has 0 spiro atoms. The molecule has 0 aliphatic heterocycles. The van der Waals surface area contributed by atoms with Gasteiger partial charge in [0.1, 0.15) is 12.0 Å². The van der Waals surface area contributed by atoms with E-state index >= 15 is 0 Å². The summed E-state index contributed by atoms with van der Waals surface area (Å²) in [5, 5.41) is 7.11. The van der Waals surface area contributed by atoms with Gasteiger partial charge in [0.25, 0.3) is 0 Å². The van der Waals surface area contributed by atoms with Crippen LogP contribution in [0.5, 0.6) is 5.75 Å². The van der Waals surface area contributed by atoms with Crippen molar-refractivity contribution in [3.05, 3.63) is 46.3 Å². The maximum absolute atomic E-state index is 5.17. The van der Waals surface area contributed by atoms with Crippen LogP contribution in [0.3, 0.4) is 0 Å². The minimum atomic E-state index is 0.695. The zero-order valence-corrected chi connectivity index (χ0v) is 11.0. The maximum atomic E-state index is 5.17. The smallest absolute Gasteiger partial charge is 0.133 e. The van der Waals surface area contributed by atoms with Crippen molar-refractivity contribution in [2.24, 2.45) is 0 Å². The zero-order valence-electron chi connectivity index (χ0n) is 9.44. The first-order chi connectivity index (χ1) is 8.29. The molecule has 17 heavy (non-hydrogen) atoms. The van der Waals surface area contributed by atoms with E-state index in [0.29, 0.717) is 6.54 Å². The molecule has 90 valence electrons. The molecule has 0 fully saturated rings. The van der Waals surface area contributed by atoms with Crippen LogP contribution < -0.4 is 10.1 Å². The Bertz CT molecular complexity index is 471. The van der Waals surface area contributed by atoms with Gasteiger partial charge in [-0.15, -0.1) is 0 Å². The lowest BCUT2D eigenvalue weighted by Gasteiger charge is -2.06. The lowest BCUT2D eigenvalue weighted by atomic mass is 10.2. The van der Waals surface area contributed by atoms with Gasteiger partial charge in [0, 0.05) is 19.2 Å². The van der Waals surface area contributed by atoms with Gasteiger partial charge in [0.15, 0.2) is 0 Å². The van der Waals surface area contributed by atoms with E-state index in [2.05, 4.69) is 26.4 Å². The molecule has 1 aromatic carbocycles. The van der Waals surface area contributed by atoms with Crippen LogP contribution in [0.15, 0.2) is 39.5 Å². The van der Waals surface area contributed by atoms with Gasteiger partial charge in [-0.1, -0.05) is 11.2 Å². The Kier molecular flexibility index (Phi) is 4.17. The second-order valence-corrected chi connectivity index (χ2v) is 4.42. The SMILES string of the molecule is COc1ccc(CNCc2ccon2)cc1Br. The predicted molar refractivity (Wildman–Crippen MR) is 67.7 cm³/mol. The summed E-state index contributed by atoms with van der Waals surface area (Å²) >= 11 is 3.46. The van der Waals surface area contributed by atoms with Crippen LogP contribution in [0.1, 0.15) is 11.3 Å². The largest absolute Gasteiger partial charge is 0.496 e. The van der Waals surface area contributed by atoms with Crippen LogP contribution in [-0.2, 0) is 13.1 Å². The molecular formula is C12H13BrN2O2. The Labute approximate surface area is 108 Å². The molecule has 2 rings (SSSR count). The Morgan fingerprint density at radius 1 is 1.35 bits per heavy atom. The summed E-state index contributed by atoms with van der Waals surface area (Å²) in [5.74, 6) is 0.838. The van der Waals surface area contributed by atoms with Gasteiger partial charge in [-0.05, 0) is 33.6 Å². The summed E-state index contributed by atoms with van der Waals surface area (Å²) in [5.41, 5.74) is 2.08. The molecule has 0 aliphatic rings. The number of halogens is 1. The van der Waals surface area contributed by atoms with Crippen LogP contribution >= 0.6 is 15.9 Å². The lowest BCUT2D eigenvalue weighted by Crippen LogP contribution is -2.12. The van der Waals surface area contributed by atoms with Crippen molar-refractivity contribution in [2.45, 2.75) is 13.1 Å². The first-order valence-electron chi connectivity index (χ1n) is 5.22. The number of aromatic nitrogens is 1. The minimum Gasteiger partial charge on any atom is -0.496 e. The van der Waals surface area contributed by atoms with Crippen molar-refractivity contribution < 1.29 is 9.26 Å². The van der Waals surface area contributed by atoms with E-state index in [1.165, 1.54) is 5.56 Å². The van der Waals surface area contributed by atoms with Crippen molar-refractivity contribution in [1.29, 1.82) is 0 Å². The van der Waals surface area contributed by atoms with E-state index in [4.69, 9.17) is 9.26 Å². The van der Waals surface area contributed by atoms with E-state index in [1.807, 2.05) is 24.3 Å². The lowest BCUT2D eigenvalue weighted by molar-refractivity contribution is 0.408. The number of ether oxygens (including phenoxy) is 1. The van der Waals surface area contributed by atoms with Crippen molar-refractivity contribution in [1.82, 2.24) is 10.5 Å². The third-order valence-corrected chi connectivity index (χ3v) is 2.96. The van der Waals surface area contributed by atoms with Crippen LogP contribution in [0.4, 0.5) is 0 Å². The molecule has 0 saturated heterocycles. The van der Waals surface area contributed by atoms with E-state index < -0.39 is 0 Å². The summed E-state index contributed by atoms with van der Waals surface area (Å²) in [4.78, 5) is 0. The van der Waals surface area contributed by atoms with E-state index in [-0.39, 0.29) is 0 Å². The number of nitrogens with zero attached hydrogens (tertiary/aromatic N) is 1. The second kappa shape index (κ2) is 5.84. The molecule has 0 aliphatic carbocycles. The number of hydrogen-bond acceptors (Lipinski definition) is 4. The number of hydrogen-bond donors (Lipinski definition) is 1. The first kappa shape index (κ1) is 12.1. The van der Waals surface area contributed by atoms with Crippen molar-refractivity contribution >= 4 is 15.9 Å². The van der Waals surface area contributed by atoms with Crippen LogP contribution in [-0.4, -0.2) is 12.3 Å². The number of methoxy groups -OCH3 is 1. The molecule has 1 aromatic heterocycles. The Morgan fingerprint density at radius 3 is 2.88 bits per heavy atom. The molecule has 0 saturated carbocycles. The Balaban J connectivity index is 1.89. The standard InChI is InChI=1S/C12H13BrN2O2/c1-16-12-3-2-9(6-11(12)13)7-14-8-10-4-5-17-15-10/h2-6,14H,7-8H2,1H3. The number of rotatable bonds is 5. The van der Waals surface area contributed by atoms with E-state index in [9.17, 15) is 0 Å². The van der Waals surface area contributed by atoms with Gasteiger partial charge in [0.05, 0.1) is 17.3 Å². The van der Waals surface area contributed by atoms with Gasteiger partial charge < -0.3 is 14.6 Å². The molecule has 4 nitrogen and oxygen atoms in total. The Hall–Kier alpha value is -1.33. The highest BCUT2D eigenvalue weighted by Crippen LogP contribution is 2.25. The quantitative estimate of drug-likeness (QED) is 0.922. The predicted octanol–water partition coefficient (Wildman–Crippen LogP) is 2.74. The molecule has 0 bridgehead atoms. The molecule has 0 atom stereocenters. The highest BCUT2D eigenvalue weighted by molar-refractivity contribution is 9.10. The van der Waals surface area contributed by atoms with E-state index in [1.54, 1.807) is 13.4 Å². The maximum Gasteiger partial charge on any atom is 0.133 e. The summed E-state index contributed by atoms with van der Waals surface area (Å²) in [6.07, 6.45) is 1.57. The van der Waals surface area contributed by atoms with Crippen LogP contribution in [0.2, 0.25) is 0 Å². The molecule has 1 N–H and O–H groups in total. The summed E-state index contributed by atoms with van der Waals surface area (Å²) in [6.45, 7) is 1.47. The molecule has 1 heterocycles. The average Bonchev–Trinajstić information content (AvgIpc) is 2.82. The minimum absolute atomic E-state index is 0.695. The van der Waals surface area contributed by atoms with Gasteiger partial charge in [-0.2, -0.15) is 0 Å². The fourth-order valence-electron chi connectivity index (χ4n) is 1.48. The van der Waals surface area contributed by atoms with Gasteiger partial charge in [-0.25, -0.2) is 0 Å². The topological polar surface area (TPSA) is 47.3 Å². The fourth-order valence-corrected chi connectivity index (χ4v) is 2.07. The van der Waals surface area contributed by atoms with Gasteiger partial charge >= 0.3 is 0 Å². The number of benzene rings is 1. The third-order valence-electron chi connectivity index (χ3n) is 2.34. The highest BCUT2D eigenvalue weighted by atomic mass is 79.9. The molecular weight excluding hydrogens is 284 g/mol. The van der Waals surface area contributed by atoms with Crippen molar-refractivity contribution in [3.63, 3.8) is 0 Å². The van der Waals surface area contributed by atoms with Crippen LogP contribution in [0, 0.1) is 0 Å². The van der Waals surface area contributed by atoms with E-state index in [0.717, 1.165) is 22.5 Å². The monoisotopic (exact) mass is 296 g/mol. The number of nitrogens with one attached hydrogen (secondary N) is 1. The first-order valence-corrected chi connectivity index (χ1v) is 6.01. The zero-order chi connectivity index (χ0) is 12.1. The molecule has 5 heteroatoms. The Morgan fingerprint density at radius 2 is 2.24 bits per heavy atom. The highest BCUT2D eigenvalue weighted by Gasteiger charge is 2.01. The third kappa shape index (κ3) is 3.31. The van der Waals surface area contributed by atoms with Crippen molar-refractivity contribution in [2.75, 3.05) is 7.11 Å². The average molecular weight is 297 g/mol. The fraction of sp³-hybridized carbons (Fsp3) is 0.250. The normalized spacial score (nSPS) is 10.5. The molecule has 2 aromatic rings. The van der Waals surface area contributed by atoms with Crippen molar-refractivity contribution in [3.8, 4) is 5.75 Å². The van der Waals surface area contributed by atoms with Gasteiger partial charge in [-0.3, -0.25) is 0 Å². The molecule has 0 radical (unpaired) electrons. The molecule has 0 amide bonds. The summed E-state index contributed by atoms with van der Waals surface area (Å²) in [7, 11) is 1.66. The molecule has 0 unspecified atom stereocenters.